The number of nitrogens with two attached hydrogens (primary N) is 1. The number of aromatic nitrogens is 1. The van der Waals surface area contributed by atoms with Gasteiger partial charge in [-0.1, -0.05) is 6.07 Å². The van der Waals surface area contributed by atoms with Crippen molar-refractivity contribution in [2.45, 2.75) is 32.8 Å². The average molecular weight is 260 g/mol. The van der Waals surface area contributed by atoms with Gasteiger partial charge in [-0.05, 0) is 38.5 Å². The van der Waals surface area contributed by atoms with Crippen LogP contribution in [0.3, 0.4) is 0 Å². The van der Waals surface area contributed by atoms with Crippen molar-refractivity contribution in [3.8, 4) is 0 Å². The van der Waals surface area contributed by atoms with Gasteiger partial charge in [0.15, 0.2) is 0 Å². The zero-order valence-corrected chi connectivity index (χ0v) is 11.6. The van der Waals surface area contributed by atoms with Crippen LogP contribution in [0.2, 0.25) is 0 Å². The molecule has 0 bridgehead atoms. The van der Waals surface area contributed by atoms with E-state index in [1.54, 1.807) is 6.20 Å². The second-order valence-corrected chi connectivity index (χ2v) is 4.79. The maximum atomic E-state index is 10.6. The van der Waals surface area contributed by atoms with Gasteiger partial charge in [-0.2, -0.15) is 0 Å². The van der Waals surface area contributed by atoms with Crippen LogP contribution >= 0.6 is 0 Å². The van der Waals surface area contributed by atoms with Crippen molar-refractivity contribution in [2.24, 2.45) is 5.73 Å². The molecule has 4 nitrogen and oxygen atoms in total. The first kappa shape index (κ1) is 13.8. The van der Waals surface area contributed by atoms with Crippen LogP contribution in [0.15, 0.2) is 28.8 Å². The van der Waals surface area contributed by atoms with Gasteiger partial charge >= 0.3 is 0 Å². The molecule has 0 aliphatic rings. The highest BCUT2D eigenvalue weighted by Gasteiger charge is 2.27. The fourth-order valence-corrected chi connectivity index (χ4v) is 2.45. The van der Waals surface area contributed by atoms with Crippen molar-refractivity contribution in [2.75, 3.05) is 6.54 Å². The minimum atomic E-state index is -0.697. The molecule has 0 amide bonds. The average Bonchev–Trinajstić information content (AvgIpc) is 2.65. The molecule has 2 aromatic heterocycles. The lowest BCUT2D eigenvalue weighted by Gasteiger charge is -2.21. The quantitative estimate of drug-likeness (QED) is 0.885. The molecule has 2 aromatic rings. The minimum Gasteiger partial charge on any atom is -0.466 e. The molecule has 0 saturated heterocycles. The molecule has 0 spiro atoms. The van der Waals surface area contributed by atoms with Crippen molar-refractivity contribution in [1.29, 1.82) is 0 Å². The summed E-state index contributed by atoms with van der Waals surface area (Å²) in [6.45, 7) is 6.05. The molecule has 19 heavy (non-hydrogen) atoms. The lowest BCUT2D eigenvalue weighted by molar-refractivity contribution is 0.143. The van der Waals surface area contributed by atoms with Crippen molar-refractivity contribution >= 4 is 0 Å². The van der Waals surface area contributed by atoms with E-state index in [4.69, 9.17) is 10.2 Å². The lowest BCUT2D eigenvalue weighted by Crippen LogP contribution is -2.21. The summed E-state index contributed by atoms with van der Waals surface area (Å²) < 4.78 is 5.58. The highest BCUT2D eigenvalue weighted by Crippen LogP contribution is 2.35. The molecule has 2 rings (SSSR count). The lowest BCUT2D eigenvalue weighted by atomic mass is 9.90. The summed E-state index contributed by atoms with van der Waals surface area (Å²) in [6.07, 6.45) is 1.02. The minimum absolute atomic E-state index is 0.226. The van der Waals surface area contributed by atoms with Crippen LogP contribution in [0, 0.1) is 20.8 Å². The summed E-state index contributed by atoms with van der Waals surface area (Å²) in [6, 6.07) is 5.64. The van der Waals surface area contributed by atoms with E-state index >= 15 is 0 Å². The van der Waals surface area contributed by atoms with Gasteiger partial charge in [-0.3, -0.25) is 4.98 Å². The summed E-state index contributed by atoms with van der Waals surface area (Å²) in [7, 11) is 0. The molecule has 102 valence electrons. The number of aliphatic hydroxyl groups excluding tert-OH is 1. The Bertz CT molecular complexity index is 549. The van der Waals surface area contributed by atoms with Gasteiger partial charge in [-0.15, -0.1) is 0 Å². The standard InChI is InChI=1S/C15H20N2O2/c1-9-10(2)19-11(3)14(9)15(18)12(8-16)13-6-4-5-7-17-13/h4-7,12,15,18H,8,16H2,1-3H3. The van der Waals surface area contributed by atoms with Crippen LogP contribution in [0.1, 0.15) is 40.4 Å². The highest BCUT2D eigenvalue weighted by atomic mass is 16.3. The SMILES string of the molecule is Cc1oc(C)c(C(O)C(CN)c2ccccn2)c1C. The van der Waals surface area contributed by atoms with Crippen LogP contribution in [0.25, 0.3) is 0 Å². The first-order chi connectivity index (χ1) is 9.06. The Morgan fingerprint density at radius 1 is 1.26 bits per heavy atom. The molecule has 0 aromatic carbocycles. The Morgan fingerprint density at radius 3 is 2.47 bits per heavy atom. The Morgan fingerprint density at radius 2 is 2.00 bits per heavy atom. The van der Waals surface area contributed by atoms with Gasteiger partial charge < -0.3 is 15.3 Å². The molecule has 2 unspecified atom stereocenters. The molecular formula is C15H20N2O2. The number of hydrogen-bond acceptors (Lipinski definition) is 4. The van der Waals surface area contributed by atoms with Crippen LogP contribution in [-0.2, 0) is 0 Å². The van der Waals surface area contributed by atoms with Crippen LogP contribution in [-0.4, -0.2) is 16.6 Å². The van der Waals surface area contributed by atoms with Gasteiger partial charge in [0.05, 0.1) is 6.10 Å². The molecule has 2 heterocycles. The van der Waals surface area contributed by atoms with Gasteiger partial charge in [0.2, 0.25) is 0 Å². The first-order valence-electron chi connectivity index (χ1n) is 6.41. The van der Waals surface area contributed by atoms with Crippen LogP contribution < -0.4 is 5.73 Å². The van der Waals surface area contributed by atoms with E-state index in [1.165, 1.54) is 0 Å². The van der Waals surface area contributed by atoms with Crippen molar-refractivity contribution in [1.82, 2.24) is 4.98 Å². The number of rotatable bonds is 4. The Labute approximate surface area is 113 Å². The molecule has 0 radical (unpaired) electrons. The molecule has 2 atom stereocenters. The topological polar surface area (TPSA) is 72.3 Å². The molecule has 4 heteroatoms. The largest absolute Gasteiger partial charge is 0.466 e. The van der Waals surface area contributed by atoms with E-state index in [2.05, 4.69) is 4.98 Å². The maximum absolute atomic E-state index is 10.6. The third kappa shape index (κ3) is 2.55. The number of hydrogen-bond donors (Lipinski definition) is 2. The smallest absolute Gasteiger partial charge is 0.107 e. The fraction of sp³-hybridized carbons (Fsp3) is 0.400. The van der Waals surface area contributed by atoms with Crippen molar-refractivity contribution in [3.05, 3.63) is 52.7 Å². The van der Waals surface area contributed by atoms with Gasteiger partial charge in [0.25, 0.3) is 0 Å². The number of aliphatic hydroxyl groups is 1. The normalized spacial score (nSPS) is 14.4. The molecule has 0 aliphatic carbocycles. The Hall–Kier alpha value is -1.65. The third-order valence-electron chi connectivity index (χ3n) is 3.62. The number of aryl methyl sites for hydroxylation is 2. The zero-order chi connectivity index (χ0) is 14.0. The van der Waals surface area contributed by atoms with E-state index in [9.17, 15) is 5.11 Å². The number of pyridine rings is 1. The fourth-order valence-electron chi connectivity index (χ4n) is 2.45. The molecule has 0 aliphatic heterocycles. The van der Waals surface area contributed by atoms with Gasteiger partial charge in [0, 0.05) is 29.9 Å². The maximum Gasteiger partial charge on any atom is 0.107 e. The first-order valence-corrected chi connectivity index (χ1v) is 6.41. The second kappa shape index (κ2) is 5.55. The summed E-state index contributed by atoms with van der Waals surface area (Å²) in [5, 5.41) is 10.6. The second-order valence-electron chi connectivity index (χ2n) is 4.79. The molecule has 0 saturated carbocycles. The van der Waals surface area contributed by atoms with E-state index < -0.39 is 6.10 Å². The number of nitrogens with zero attached hydrogens (tertiary/aromatic N) is 1. The van der Waals surface area contributed by atoms with E-state index in [1.807, 2.05) is 39.0 Å². The predicted octanol–water partition coefficient (Wildman–Crippen LogP) is 2.38. The summed E-state index contributed by atoms with van der Waals surface area (Å²) in [4.78, 5) is 4.29. The van der Waals surface area contributed by atoms with E-state index in [-0.39, 0.29) is 5.92 Å². The molecular weight excluding hydrogens is 240 g/mol. The molecule has 0 fully saturated rings. The summed E-state index contributed by atoms with van der Waals surface area (Å²) in [5.74, 6) is 1.36. The predicted molar refractivity (Wildman–Crippen MR) is 73.9 cm³/mol. The summed E-state index contributed by atoms with van der Waals surface area (Å²) in [5.41, 5.74) is 8.44. The summed E-state index contributed by atoms with van der Waals surface area (Å²) >= 11 is 0. The van der Waals surface area contributed by atoms with Crippen LogP contribution in [0.5, 0.6) is 0 Å². The van der Waals surface area contributed by atoms with Gasteiger partial charge in [-0.25, -0.2) is 0 Å². The van der Waals surface area contributed by atoms with Gasteiger partial charge in [0.1, 0.15) is 11.5 Å². The monoisotopic (exact) mass is 260 g/mol. The Balaban J connectivity index is 2.39. The molecule has 3 N–H and O–H groups in total. The van der Waals surface area contributed by atoms with E-state index in [0.717, 1.165) is 28.3 Å². The zero-order valence-electron chi connectivity index (χ0n) is 11.6. The third-order valence-corrected chi connectivity index (χ3v) is 3.62. The van der Waals surface area contributed by atoms with Crippen LogP contribution in [0.4, 0.5) is 0 Å². The highest BCUT2D eigenvalue weighted by molar-refractivity contribution is 5.35. The van der Waals surface area contributed by atoms with Crippen molar-refractivity contribution < 1.29 is 9.52 Å². The Kier molecular flexibility index (Phi) is 4.02. The van der Waals surface area contributed by atoms with Crippen molar-refractivity contribution in [3.63, 3.8) is 0 Å². The van der Waals surface area contributed by atoms with E-state index in [0.29, 0.717) is 6.54 Å². The number of furan rings is 1.